The van der Waals surface area contributed by atoms with E-state index in [-0.39, 0.29) is 19.8 Å². The van der Waals surface area contributed by atoms with Gasteiger partial charge in [0.2, 0.25) is 0 Å². The lowest BCUT2D eigenvalue weighted by Gasteiger charge is -2.15. The van der Waals surface area contributed by atoms with Gasteiger partial charge in [-0.2, -0.15) is 10.2 Å². The van der Waals surface area contributed by atoms with Gasteiger partial charge in [0.15, 0.2) is 0 Å². The molecule has 8 heteroatoms. The number of nitrogens with one attached hydrogen (secondary N) is 2. The van der Waals surface area contributed by atoms with Gasteiger partial charge in [-0.05, 0) is 12.1 Å². The van der Waals surface area contributed by atoms with Crippen LogP contribution in [0.2, 0.25) is 0 Å². The third kappa shape index (κ3) is 3.62. The van der Waals surface area contributed by atoms with Crippen molar-refractivity contribution in [3.8, 4) is 0 Å². The van der Waals surface area contributed by atoms with Crippen LogP contribution in [0.1, 0.15) is 5.69 Å². The van der Waals surface area contributed by atoms with Gasteiger partial charge in [0, 0.05) is 6.20 Å². The molecule has 0 bridgehead atoms. The maximum Gasteiger partial charge on any atom is 0.315 e. The molecule has 3 N–H and O–H groups in total. The smallest absolute Gasteiger partial charge is 0.315 e. The summed E-state index contributed by atoms with van der Waals surface area (Å²) in [5.74, 6) is -1.68. The molecule has 1 aromatic heterocycles. The number of carboxylic acids is 1. The van der Waals surface area contributed by atoms with Gasteiger partial charge in [0.05, 0.1) is 31.5 Å². The topological polar surface area (TPSA) is 113 Å². The number of carbonyl (C=O) groups excluding carboxylic acids is 1. The maximum atomic E-state index is 11.6. The van der Waals surface area contributed by atoms with E-state index in [0.717, 1.165) is 0 Å². The van der Waals surface area contributed by atoms with E-state index in [0.29, 0.717) is 5.69 Å². The molecule has 2 unspecified atom stereocenters. The van der Waals surface area contributed by atoms with Crippen LogP contribution < -0.4 is 10.6 Å². The molecule has 0 aliphatic carbocycles. The number of urea groups is 1. The predicted octanol–water partition coefficient (Wildman–Crippen LogP) is -0.625. The average Bonchev–Trinajstić information content (AvgIpc) is 2.86. The monoisotopic (exact) mass is 266 g/mol. The molecule has 1 aliphatic heterocycles. The van der Waals surface area contributed by atoms with Crippen LogP contribution in [-0.2, 0) is 16.1 Å². The Kier molecular flexibility index (Phi) is 4.24. The highest BCUT2D eigenvalue weighted by atomic mass is 16.5. The Labute approximate surface area is 109 Å². The Morgan fingerprint density at radius 1 is 1.47 bits per heavy atom. The fraction of sp³-hybridized carbons (Fsp3) is 0.455. The van der Waals surface area contributed by atoms with E-state index in [2.05, 4.69) is 20.8 Å². The standard InChI is InChI=1S/C11H14N4O4/c16-10(17)8-5-19-6-9(8)14-11(18)12-4-7-2-1-3-13-15-7/h1-3,8-9H,4-6H2,(H,16,17)(H2,12,14,18). The minimum absolute atomic E-state index is 0.116. The van der Waals surface area contributed by atoms with Gasteiger partial charge in [-0.1, -0.05) is 0 Å². The summed E-state index contributed by atoms with van der Waals surface area (Å²) in [6.45, 7) is 0.547. The summed E-state index contributed by atoms with van der Waals surface area (Å²) >= 11 is 0. The SMILES string of the molecule is O=C(NCc1cccnn1)NC1COCC1C(=O)O. The van der Waals surface area contributed by atoms with Gasteiger partial charge in [-0.3, -0.25) is 4.79 Å². The van der Waals surface area contributed by atoms with Crippen molar-refractivity contribution in [1.29, 1.82) is 0 Å². The van der Waals surface area contributed by atoms with E-state index < -0.39 is 24.0 Å². The summed E-state index contributed by atoms with van der Waals surface area (Å²) in [6.07, 6.45) is 1.54. The highest BCUT2D eigenvalue weighted by molar-refractivity contribution is 5.77. The number of amides is 2. The minimum atomic E-state index is -0.975. The molecule has 102 valence electrons. The largest absolute Gasteiger partial charge is 0.481 e. The second-order valence-electron chi connectivity index (χ2n) is 4.13. The summed E-state index contributed by atoms with van der Waals surface area (Å²) in [5.41, 5.74) is 0.620. The van der Waals surface area contributed by atoms with Crippen molar-refractivity contribution >= 4 is 12.0 Å². The molecule has 2 atom stereocenters. The van der Waals surface area contributed by atoms with Crippen molar-refractivity contribution < 1.29 is 19.4 Å². The molecule has 1 aromatic rings. The first-order chi connectivity index (χ1) is 9.16. The molecule has 2 amide bonds. The minimum Gasteiger partial charge on any atom is -0.481 e. The molecule has 2 heterocycles. The molecule has 1 saturated heterocycles. The summed E-state index contributed by atoms with van der Waals surface area (Å²) in [7, 11) is 0. The molecule has 0 spiro atoms. The molecule has 8 nitrogen and oxygen atoms in total. The third-order valence-electron chi connectivity index (χ3n) is 2.77. The number of ether oxygens (including phenoxy) is 1. The molecule has 19 heavy (non-hydrogen) atoms. The van der Waals surface area contributed by atoms with Crippen molar-refractivity contribution in [2.45, 2.75) is 12.6 Å². The molecule has 0 aromatic carbocycles. The Morgan fingerprint density at radius 2 is 2.32 bits per heavy atom. The van der Waals surface area contributed by atoms with Gasteiger partial charge in [0.1, 0.15) is 5.92 Å². The highest BCUT2D eigenvalue weighted by Crippen LogP contribution is 2.13. The van der Waals surface area contributed by atoms with Gasteiger partial charge in [-0.15, -0.1) is 0 Å². The zero-order valence-corrected chi connectivity index (χ0v) is 10.1. The first-order valence-corrected chi connectivity index (χ1v) is 5.78. The van der Waals surface area contributed by atoms with Gasteiger partial charge < -0.3 is 20.5 Å². The van der Waals surface area contributed by atoms with E-state index in [1.807, 2.05) is 0 Å². The van der Waals surface area contributed by atoms with E-state index in [4.69, 9.17) is 9.84 Å². The first kappa shape index (κ1) is 13.2. The Morgan fingerprint density at radius 3 is 3.00 bits per heavy atom. The molecule has 0 radical (unpaired) electrons. The predicted molar refractivity (Wildman–Crippen MR) is 63.1 cm³/mol. The van der Waals surface area contributed by atoms with Crippen LogP contribution in [0.15, 0.2) is 18.3 Å². The second kappa shape index (κ2) is 6.10. The zero-order chi connectivity index (χ0) is 13.7. The lowest BCUT2D eigenvalue weighted by Crippen LogP contribution is -2.47. The number of hydrogen-bond donors (Lipinski definition) is 3. The Bertz CT molecular complexity index is 453. The van der Waals surface area contributed by atoms with Crippen molar-refractivity contribution in [1.82, 2.24) is 20.8 Å². The van der Waals surface area contributed by atoms with Crippen LogP contribution in [0.25, 0.3) is 0 Å². The van der Waals surface area contributed by atoms with E-state index in [9.17, 15) is 9.59 Å². The van der Waals surface area contributed by atoms with E-state index >= 15 is 0 Å². The second-order valence-corrected chi connectivity index (χ2v) is 4.13. The van der Waals surface area contributed by atoms with Crippen LogP contribution in [0.4, 0.5) is 4.79 Å². The van der Waals surface area contributed by atoms with Crippen LogP contribution in [0, 0.1) is 5.92 Å². The molecule has 0 saturated carbocycles. The normalized spacial score (nSPS) is 21.9. The van der Waals surface area contributed by atoms with Crippen LogP contribution in [0.5, 0.6) is 0 Å². The van der Waals surface area contributed by atoms with Gasteiger partial charge >= 0.3 is 12.0 Å². The Balaban J connectivity index is 1.80. The number of aromatic nitrogens is 2. The lowest BCUT2D eigenvalue weighted by molar-refractivity contribution is -0.142. The summed E-state index contributed by atoms with van der Waals surface area (Å²) in [4.78, 5) is 22.5. The number of carboxylic acid groups (broad SMARTS) is 1. The molecular weight excluding hydrogens is 252 g/mol. The fourth-order valence-corrected chi connectivity index (χ4v) is 1.76. The fourth-order valence-electron chi connectivity index (χ4n) is 1.76. The van der Waals surface area contributed by atoms with E-state index in [1.54, 1.807) is 12.1 Å². The molecular formula is C11H14N4O4. The first-order valence-electron chi connectivity index (χ1n) is 5.78. The maximum absolute atomic E-state index is 11.6. The Hall–Kier alpha value is -2.22. The summed E-state index contributed by atoms with van der Waals surface area (Å²) < 4.78 is 5.05. The highest BCUT2D eigenvalue weighted by Gasteiger charge is 2.34. The van der Waals surface area contributed by atoms with Crippen molar-refractivity contribution in [2.75, 3.05) is 13.2 Å². The summed E-state index contributed by atoms with van der Waals surface area (Å²) in [5, 5.41) is 21.6. The molecule has 2 rings (SSSR count). The number of aliphatic carboxylic acids is 1. The van der Waals surface area contributed by atoms with Crippen molar-refractivity contribution in [2.24, 2.45) is 5.92 Å². The third-order valence-corrected chi connectivity index (χ3v) is 2.77. The van der Waals surface area contributed by atoms with Crippen LogP contribution in [0.3, 0.4) is 0 Å². The van der Waals surface area contributed by atoms with Crippen LogP contribution in [-0.4, -0.2) is 46.6 Å². The van der Waals surface area contributed by atoms with Crippen molar-refractivity contribution in [3.05, 3.63) is 24.0 Å². The summed E-state index contributed by atoms with van der Waals surface area (Å²) in [6, 6.07) is 2.48. The zero-order valence-electron chi connectivity index (χ0n) is 10.1. The number of nitrogens with zero attached hydrogens (tertiary/aromatic N) is 2. The van der Waals surface area contributed by atoms with E-state index in [1.165, 1.54) is 6.20 Å². The quantitative estimate of drug-likeness (QED) is 0.669. The number of hydrogen-bond acceptors (Lipinski definition) is 5. The lowest BCUT2D eigenvalue weighted by atomic mass is 10.0. The molecule has 1 aliphatic rings. The van der Waals surface area contributed by atoms with Gasteiger partial charge in [-0.25, -0.2) is 4.79 Å². The van der Waals surface area contributed by atoms with Crippen LogP contribution >= 0.6 is 0 Å². The molecule has 1 fully saturated rings. The van der Waals surface area contributed by atoms with Crippen molar-refractivity contribution in [3.63, 3.8) is 0 Å². The number of rotatable bonds is 4. The number of carbonyl (C=O) groups is 2. The average molecular weight is 266 g/mol. The van der Waals surface area contributed by atoms with Gasteiger partial charge in [0.25, 0.3) is 0 Å².